The summed E-state index contributed by atoms with van der Waals surface area (Å²) >= 11 is 0. The SMILES string of the molecule is CC(=O)OC1C(O)CC(C#N)OC1C. The Hall–Kier alpha value is -1.12. The molecular weight excluding hydrogens is 186 g/mol. The van der Waals surface area contributed by atoms with Crippen LogP contribution in [0.2, 0.25) is 0 Å². The first-order chi connectivity index (χ1) is 6.54. The molecule has 0 spiro atoms. The van der Waals surface area contributed by atoms with Crippen LogP contribution in [-0.4, -0.2) is 35.5 Å². The van der Waals surface area contributed by atoms with E-state index >= 15 is 0 Å². The standard InChI is InChI=1S/C9H13NO4/c1-5-9(14-6(2)11)8(12)3-7(4-10)13-5/h5,7-9,12H,3H2,1-2H3. The van der Waals surface area contributed by atoms with Crippen LogP contribution >= 0.6 is 0 Å². The molecule has 0 bridgehead atoms. The predicted octanol–water partition coefficient (Wildman–Crippen LogP) is -0.0200. The molecule has 1 fully saturated rings. The van der Waals surface area contributed by atoms with Crippen molar-refractivity contribution < 1.29 is 19.4 Å². The van der Waals surface area contributed by atoms with Crippen LogP contribution in [0.15, 0.2) is 0 Å². The molecule has 1 saturated heterocycles. The second kappa shape index (κ2) is 4.40. The molecule has 78 valence electrons. The third-order valence-corrected chi connectivity index (χ3v) is 2.12. The third kappa shape index (κ3) is 2.44. The maximum Gasteiger partial charge on any atom is 0.303 e. The molecule has 1 aliphatic heterocycles. The Morgan fingerprint density at radius 3 is 2.79 bits per heavy atom. The van der Waals surface area contributed by atoms with Crippen molar-refractivity contribution in [1.29, 1.82) is 5.26 Å². The van der Waals surface area contributed by atoms with Crippen molar-refractivity contribution in [2.45, 2.75) is 44.7 Å². The molecule has 0 aliphatic carbocycles. The van der Waals surface area contributed by atoms with Crippen LogP contribution < -0.4 is 0 Å². The van der Waals surface area contributed by atoms with E-state index in [4.69, 9.17) is 14.7 Å². The topological polar surface area (TPSA) is 79.5 Å². The highest BCUT2D eigenvalue weighted by Crippen LogP contribution is 2.22. The van der Waals surface area contributed by atoms with E-state index in [2.05, 4.69) is 0 Å². The van der Waals surface area contributed by atoms with E-state index in [0.717, 1.165) is 0 Å². The summed E-state index contributed by atoms with van der Waals surface area (Å²) < 4.78 is 10.1. The summed E-state index contributed by atoms with van der Waals surface area (Å²) in [5.41, 5.74) is 0. The van der Waals surface area contributed by atoms with Gasteiger partial charge in [0.1, 0.15) is 6.10 Å². The summed E-state index contributed by atoms with van der Waals surface area (Å²) in [5.74, 6) is -0.458. The largest absolute Gasteiger partial charge is 0.457 e. The number of ether oxygens (including phenoxy) is 2. The van der Waals surface area contributed by atoms with E-state index in [-0.39, 0.29) is 6.42 Å². The highest BCUT2D eigenvalue weighted by molar-refractivity contribution is 5.66. The first-order valence-corrected chi connectivity index (χ1v) is 4.45. The zero-order chi connectivity index (χ0) is 10.7. The second-order valence-corrected chi connectivity index (χ2v) is 3.34. The van der Waals surface area contributed by atoms with Crippen molar-refractivity contribution >= 4 is 5.97 Å². The highest BCUT2D eigenvalue weighted by Gasteiger charge is 2.37. The van der Waals surface area contributed by atoms with Gasteiger partial charge in [-0.2, -0.15) is 5.26 Å². The Kier molecular flexibility index (Phi) is 3.44. The Balaban J connectivity index is 2.61. The molecule has 1 heterocycles. The molecule has 0 aromatic heterocycles. The molecule has 0 aromatic rings. The van der Waals surface area contributed by atoms with Crippen molar-refractivity contribution in [3.05, 3.63) is 0 Å². The lowest BCUT2D eigenvalue weighted by atomic mass is 9.99. The van der Waals surface area contributed by atoms with Gasteiger partial charge in [-0.3, -0.25) is 4.79 Å². The highest BCUT2D eigenvalue weighted by atomic mass is 16.6. The zero-order valence-electron chi connectivity index (χ0n) is 8.14. The van der Waals surface area contributed by atoms with E-state index < -0.39 is 30.4 Å². The van der Waals surface area contributed by atoms with E-state index in [9.17, 15) is 9.90 Å². The molecular formula is C9H13NO4. The third-order valence-electron chi connectivity index (χ3n) is 2.12. The van der Waals surface area contributed by atoms with Gasteiger partial charge in [-0.15, -0.1) is 0 Å². The number of aliphatic hydroxyl groups excluding tert-OH is 1. The number of nitrogens with zero attached hydrogens (tertiary/aromatic N) is 1. The van der Waals surface area contributed by atoms with Gasteiger partial charge in [0.2, 0.25) is 0 Å². The monoisotopic (exact) mass is 199 g/mol. The Labute approximate surface area is 82.2 Å². The number of aliphatic hydroxyl groups is 1. The van der Waals surface area contributed by atoms with E-state index in [0.29, 0.717) is 0 Å². The number of carbonyl (C=O) groups is 1. The lowest BCUT2D eigenvalue weighted by molar-refractivity contribution is -0.184. The molecule has 0 radical (unpaired) electrons. The number of hydrogen-bond donors (Lipinski definition) is 1. The Morgan fingerprint density at radius 2 is 2.36 bits per heavy atom. The van der Waals surface area contributed by atoms with Crippen LogP contribution in [0.1, 0.15) is 20.3 Å². The normalized spacial score (nSPS) is 37.3. The Bertz CT molecular complexity index is 248. The van der Waals surface area contributed by atoms with Gasteiger partial charge in [-0.1, -0.05) is 0 Å². The lowest BCUT2D eigenvalue weighted by Crippen LogP contribution is -2.48. The second-order valence-electron chi connectivity index (χ2n) is 3.34. The van der Waals surface area contributed by atoms with Gasteiger partial charge in [0, 0.05) is 13.3 Å². The van der Waals surface area contributed by atoms with Crippen LogP contribution in [0.5, 0.6) is 0 Å². The molecule has 0 aromatic carbocycles. The molecule has 1 N–H and O–H groups in total. The minimum Gasteiger partial charge on any atom is -0.457 e. The van der Waals surface area contributed by atoms with Crippen LogP contribution in [-0.2, 0) is 14.3 Å². The van der Waals surface area contributed by atoms with Crippen molar-refractivity contribution in [1.82, 2.24) is 0 Å². The van der Waals surface area contributed by atoms with Gasteiger partial charge in [0.15, 0.2) is 6.10 Å². The average molecular weight is 199 g/mol. The molecule has 5 heteroatoms. The van der Waals surface area contributed by atoms with Crippen molar-refractivity contribution in [2.24, 2.45) is 0 Å². The molecule has 14 heavy (non-hydrogen) atoms. The number of carbonyl (C=O) groups excluding carboxylic acids is 1. The molecule has 1 rings (SSSR count). The first-order valence-electron chi connectivity index (χ1n) is 4.45. The summed E-state index contributed by atoms with van der Waals surface area (Å²) in [7, 11) is 0. The van der Waals surface area contributed by atoms with E-state index in [1.807, 2.05) is 6.07 Å². The molecule has 4 unspecified atom stereocenters. The van der Waals surface area contributed by atoms with Gasteiger partial charge < -0.3 is 14.6 Å². The van der Waals surface area contributed by atoms with Gasteiger partial charge in [-0.25, -0.2) is 0 Å². The summed E-state index contributed by atoms with van der Waals surface area (Å²) in [6.07, 6.45) is -2.39. The molecule has 0 amide bonds. The molecule has 5 nitrogen and oxygen atoms in total. The van der Waals surface area contributed by atoms with Crippen LogP contribution in [0, 0.1) is 11.3 Å². The maximum absolute atomic E-state index is 10.7. The van der Waals surface area contributed by atoms with E-state index in [1.54, 1.807) is 6.92 Å². The average Bonchev–Trinajstić information content (AvgIpc) is 2.10. The minimum atomic E-state index is -0.827. The maximum atomic E-state index is 10.7. The quantitative estimate of drug-likeness (QED) is 0.600. The van der Waals surface area contributed by atoms with Gasteiger partial charge >= 0.3 is 5.97 Å². The molecule has 1 aliphatic rings. The number of nitriles is 1. The molecule has 0 saturated carbocycles. The van der Waals surface area contributed by atoms with Crippen molar-refractivity contribution in [3.8, 4) is 6.07 Å². The smallest absolute Gasteiger partial charge is 0.303 e. The number of esters is 1. The predicted molar refractivity (Wildman–Crippen MR) is 46.1 cm³/mol. The number of hydrogen-bond acceptors (Lipinski definition) is 5. The Morgan fingerprint density at radius 1 is 1.71 bits per heavy atom. The first kappa shape index (κ1) is 11.0. The van der Waals surface area contributed by atoms with Crippen LogP contribution in [0.4, 0.5) is 0 Å². The van der Waals surface area contributed by atoms with Crippen LogP contribution in [0.25, 0.3) is 0 Å². The summed E-state index contributed by atoms with van der Waals surface area (Å²) in [6, 6.07) is 1.92. The lowest BCUT2D eigenvalue weighted by Gasteiger charge is -2.34. The number of rotatable bonds is 1. The van der Waals surface area contributed by atoms with Crippen molar-refractivity contribution in [2.75, 3.05) is 0 Å². The fraction of sp³-hybridized carbons (Fsp3) is 0.778. The van der Waals surface area contributed by atoms with Gasteiger partial charge in [0.05, 0.1) is 18.3 Å². The fourth-order valence-corrected chi connectivity index (χ4v) is 1.51. The van der Waals surface area contributed by atoms with Gasteiger partial charge in [-0.05, 0) is 6.92 Å². The molecule has 4 atom stereocenters. The fourth-order valence-electron chi connectivity index (χ4n) is 1.51. The van der Waals surface area contributed by atoms with E-state index in [1.165, 1.54) is 6.92 Å². The van der Waals surface area contributed by atoms with Crippen LogP contribution in [0.3, 0.4) is 0 Å². The van der Waals surface area contributed by atoms with Gasteiger partial charge in [0.25, 0.3) is 0 Å². The summed E-state index contributed by atoms with van der Waals surface area (Å²) in [5, 5.41) is 18.2. The zero-order valence-corrected chi connectivity index (χ0v) is 8.14. The van der Waals surface area contributed by atoms with Crippen molar-refractivity contribution in [3.63, 3.8) is 0 Å². The summed E-state index contributed by atoms with van der Waals surface area (Å²) in [4.78, 5) is 10.7. The minimum absolute atomic E-state index is 0.179. The summed E-state index contributed by atoms with van der Waals surface area (Å²) in [6.45, 7) is 2.94.